The number of carbonyl (C=O) groups is 1. The number of fused-ring (bicyclic) bond motifs is 1. The molecule has 3 aromatic rings. The first-order valence-corrected chi connectivity index (χ1v) is 8.13. The summed E-state index contributed by atoms with van der Waals surface area (Å²) in [6, 6.07) is 7.63. The number of hydrogen-bond donors (Lipinski definition) is 1. The van der Waals surface area contributed by atoms with Crippen molar-refractivity contribution >= 4 is 28.2 Å². The van der Waals surface area contributed by atoms with Gasteiger partial charge in [-0.3, -0.25) is 4.79 Å². The summed E-state index contributed by atoms with van der Waals surface area (Å²) in [6.07, 6.45) is 0. The van der Waals surface area contributed by atoms with Crippen LogP contribution in [-0.2, 0) is 0 Å². The molecule has 1 aromatic carbocycles. The molecule has 7 heteroatoms. The molecule has 120 valence electrons. The number of amides is 1. The standard InChI is InChI=1S/C16H18N4O2S/c1-10-14(15(21)17-8-9-20(2)3)23-16(18-10)13-11-6-4-5-7-12(11)22-19-13/h4-7H,8-9H2,1-3H3,(H,17,21). The van der Waals surface area contributed by atoms with Crippen molar-refractivity contribution in [1.29, 1.82) is 0 Å². The van der Waals surface area contributed by atoms with Gasteiger partial charge in [0.05, 0.1) is 11.1 Å². The number of rotatable bonds is 5. The fourth-order valence-electron chi connectivity index (χ4n) is 2.22. The Kier molecular flexibility index (Phi) is 4.40. The zero-order valence-corrected chi connectivity index (χ0v) is 14.1. The Bertz CT molecular complexity index is 838. The van der Waals surface area contributed by atoms with E-state index in [1.54, 1.807) is 0 Å². The Hall–Kier alpha value is -2.25. The number of aromatic nitrogens is 2. The molecule has 6 nitrogen and oxygen atoms in total. The second kappa shape index (κ2) is 6.47. The van der Waals surface area contributed by atoms with Gasteiger partial charge in [0.1, 0.15) is 15.6 Å². The van der Waals surface area contributed by atoms with Gasteiger partial charge in [-0.15, -0.1) is 11.3 Å². The molecule has 23 heavy (non-hydrogen) atoms. The van der Waals surface area contributed by atoms with Crippen molar-refractivity contribution < 1.29 is 9.32 Å². The largest absolute Gasteiger partial charge is 0.356 e. The molecule has 0 aliphatic carbocycles. The molecule has 0 radical (unpaired) electrons. The van der Waals surface area contributed by atoms with Gasteiger partial charge < -0.3 is 14.7 Å². The van der Waals surface area contributed by atoms with Crippen molar-refractivity contribution in [3.8, 4) is 10.7 Å². The fraction of sp³-hybridized carbons (Fsp3) is 0.312. The van der Waals surface area contributed by atoms with Gasteiger partial charge in [0, 0.05) is 13.1 Å². The smallest absolute Gasteiger partial charge is 0.263 e. The summed E-state index contributed by atoms with van der Waals surface area (Å²) in [4.78, 5) is 19.4. The second-order valence-corrected chi connectivity index (χ2v) is 6.52. The van der Waals surface area contributed by atoms with E-state index in [2.05, 4.69) is 15.5 Å². The Morgan fingerprint density at radius 2 is 2.13 bits per heavy atom. The number of para-hydroxylation sites is 1. The topological polar surface area (TPSA) is 71.3 Å². The molecule has 0 saturated carbocycles. The summed E-state index contributed by atoms with van der Waals surface area (Å²) in [5, 5.41) is 8.61. The van der Waals surface area contributed by atoms with Crippen LogP contribution in [0.15, 0.2) is 28.8 Å². The lowest BCUT2D eigenvalue weighted by Crippen LogP contribution is -2.31. The SMILES string of the molecule is Cc1nc(-c2noc3ccccc23)sc1C(=O)NCCN(C)C. The van der Waals surface area contributed by atoms with Crippen LogP contribution >= 0.6 is 11.3 Å². The van der Waals surface area contributed by atoms with Gasteiger partial charge in [0.15, 0.2) is 5.58 Å². The van der Waals surface area contributed by atoms with E-state index < -0.39 is 0 Å². The lowest BCUT2D eigenvalue weighted by atomic mass is 10.2. The molecule has 0 bridgehead atoms. The predicted octanol–water partition coefficient (Wildman–Crippen LogP) is 2.55. The van der Waals surface area contributed by atoms with E-state index in [9.17, 15) is 4.79 Å². The third-order valence-electron chi connectivity index (χ3n) is 3.43. The molecule has 0 unspecified atom stereocenters. The number of aryl methyl sites for hydroxylation is 1. The Labute approximate surface area is 138 Å². The van der Waals surface area contributed by atoms with Gasteiger partial charge in [0.25, 0.3) is 5.91 Å². The molecule has 0 fully saturated rings. The summed E-state index contributed by atoms with van der Waals surface area (Å²) in [6.45, 7) is 3.24. The summed E-state index contributed by atoms with van der Waals surface area (Å²) < 4.78 is 5.31. The van der Waals surface area contributed by atoms with E-state index in [0.29, 0.717) is 33.4 Å². The minimum absolute atomic E-state index is 0.0964. The lowest BCUT2D eigenvalue weighted by molar-refractivity contribution is 0.0954. The molecule has 1 N–H and O–H groups in total. The molecular formula is C16H18N4O2S. The minimum atomic E-state index is -0.0964. The average Bonchev–Trinajstić information content (AvgIpc) is 3.10. The van der Waals surface area contributed by atoms with Crippen molar-refractivity contribution in [2.24, 2.45) is 0 Å². The number of likely N-dealkylation sites (N-methyl/N-ethyl adjacent to an activating group) is 1. The number of benzene rings is 1. The van der Waals surface area contributed by atoms with Crippen LogP contribution in [-0.4, -0.2) is 48.1 Å². The van der Waals surface area contributed by atoms with Crippen LogP contribution in [0.1, 0.15) is 15.4 Å². The van der Waals surface area contributed by atoms with Crippen LogP contribution in [0.3, 0.4) is 0 Å². The molecule has 2 aromatic heterocycles. The predicted molar refractivity (Wildman–Crippen MR) is 90.7 cm³/mol. The molecule has 0 aliphatic heterocycles. The highest BCUT2D eigenvalue weighted by Gasteiger charge is 2.19. The molecule has 0 spiro atoms. The molecular weight excluding hydrogens is 312 g/mol. The first-order valence-electron chi connectivity index (χ1n) is 7.31. The van der Waals surface area contributed by atoms with Gasteiger partial charge in [0.2, 0.25) is 0 Å². The maximum atomic E-state index is 12.3. The van der Waals surface area contributed by atoms with E-state index >= 15 is 0 Å². The summed E-state index contributed by atoms with van der Waals surface area (Å²) in [5.41, 5.74) is 2.10. The average molecular weight is 330 g/mol. The first kappa shape index (κ1) is 15.6. The van der Waals surface area contributed by atoms with E-state index in [0.717, 1.165) is 11.9 Å². The van der Waals surface area contributed by atoms with Gasteiger partial charge in [-0.2, -0.15) is 0 Å². The monoisotopic (exact) mass is 330 g/mol. The van der Waals surface area contributed by atoms with Crippen LogP contribution in [0.5, 0.6) is 0 Å². The summed E-state index contributed by atoms with van der Waals surface area (Å²) in [5.74, 6) is -0.0964. The van der Waals surface area contributed by atoms with E-state index in [-0.39, 0.29) is 5.91 Å². The van der Waals surface area contributed by atoms with E-state index in [4.69, 9.17) is 4.52 Å². The van der Waals surface area contributed by atoms with Crippen molar-refractivity contribution in [1.82, 2.24) is 20.4 Å². The van der Waals surface area contributed by atoms with Crippen LogP contribution in [0.2, 0.25) is 0 Å². The number of nitrogens with one attached hydrogen (secondary N) is 1. The molecule has 0 aliphatic rings. The third kappa shape index (κ3) is 3.25. The Balaban J connectivity index is 1.85. The third-order valence-corrected chi connectivity index (χ3v) is 4.59. The highest BCUT2D eigenvalue weighted by atomic mass is 32.1. The highest BCUT2D eigenvalue weighted by Crippen LogP contribution is 2.32. The summed E-state index contributed by atoms with van der Waals surface area (Å²) >= 11 is 1.34. The van der Waals surface area contributed by atoms with Gasteiger partial charge in [-0.1, -0.05) is 17.3 Å². The van der Waals surface area contributed by atoms with Crippen molar-refractivity contribution in [2.75, 3.05) is 27.2 Å². The van der Waals surface area contributed by atoms with E-state index in [1.165, 1.54) is 11.3 Å². The zero-order valence-electron chi connectivity index (χ0n) is 13.3. The first-order chi connectivity index (χ1) is 11.1. The number of thiazole rings is 1. The van der Waals surface area contributed by atoms with Gasteiger partial charge >= 0.3 is 0 Å². The second-order valence-electron chi connectivity index (χ2n) is 5.52. The maximum Gasteiger partial charge on any atom is 0.263 e. The van der Waals surface area contributed by atoms with Crippen molar-refractivity contribution in [2.45, 2.75) is 6.92 Å². The molecule has 3 rings (SSSR count). The van der Waals surface area contributed by atoms with Crippen molar-refractivity contribution in [3.05, 3.63) is 34.8 Å². The Morgan fingerprint density at radius 3 is 2.91 bits per heavy atom. The number of hydrogen-bond acceptors (Lipinski definition) is 6. The van der Waals surface area contributed by atoms with Gasteiger partial charge in [-0.05, 0) is 33.2 Å². The normalized spacial score (nSPS) is 11.3. The minimum Gasteiger partial charge on any atom is -0.356 e. The maximum absolute atomic E-state index is 12.3. The fourth-order valence-corrected chi connectivity index (χ4v) is 3.20. The number of carbonyl (C=O) groups excluding carboxylic acids is 1. The van der Waals surface area contributed by atoms with Crippen LogP contribution in [0, 0.1) is 6.92 Å². The lowest BCUT2D eigenvalue weighted by Gasteiger charge is -2.09. The van der Waals surface area contributed by atoms with Gasteiger partial charge in [-0.25, -0.2) is 4.98 Å². The van der Waals surface area contributed by atoms with E-state index in [1.807, 2.05) is 50.2 Å². The summed E-state index contributed by atoms with van der Waals surface area (Å²) in [7, 11) is 3.94. The molecule has 1 amide bonds. The number of nitrogens with zero attached hydrogens (tertiary/aromatic N) is 3. The molecule has 0 saturated heterocycles. The quantitative estimate of drug-likeness (QED) is 0.778. The van der Waals surface area contributed by atoms with Crippen molar-refractivity contribution in [3.63, 3.8) is 0 Å². The highest BCUT2D eigenvalue weighted by molar-refractivity contribution is 7.17. The van der Waals surface area contributed by atoms with Crippen LogP contribution in [0.25, 0.3) is 21.7 Å². The van der Waals surface area contributed by atoms with Crippen LogP contribution in [0.4, 0.5) is 0 Å². The Morgan fingerprint density at radius 1 is 1.35 bits per heavy atom. The van der Waals surface area contributed by atoms with Crippen LogP contribution < -0.4 is 5.32 Å². The zero-order chi connectivity index (χ0) is 16.4. The molecule has 2 heterocycles. The molecule has 0 atom stereocenters.